The van der Waals surface area contributed by atoms with Crippen molar-refractivity contribution in [2.45, 2.75) is 38.6 Å². The molecule has 0 saturated heterocycles. The average molecular weight is 408 g/mol. The van der Waals surface area contributed by atoms with Gasteiger partial charge >= 0.3 is 5.97 Å². The van der Waals surface area contributed by atoms with Crippen LogP contribution in [0.3, 0.4) is 0 Å². The first-order valence-electron chi connectivity index (χ1n) is 10.4. The van der Waals surface area contributed by atoms with Crippen molar-refractivity contribution in [1.29, 1.82) is 0 Å². The molecule has 2 atom stereocenters. The van der Waals surface area contributed by atoms with Gasteiger partial charge in [-0.3, -0.25) is 9.59 Å². The molecule has 6 nitrogen and oxygen atoms in total. The molecule has 2 amide bonds. The van der Waals surface area contributed by atoms with Crippen LogP contribution in [-0.2, 0) is 9.53 Å². The lowest BCUT2D eigenvalue weighted by Crippen LogP contribution is -2.43. The normalized spacial score (nSPS) is 18.3. The van der Waals surface area contributed by atoms with Crippen LogP contribution in [0.4, 0.5) is 5.69 Å². The number of ether oxygens (including phenoxy) is 1. The fourth-order valence-corrected chi connectivity index (χ4v) is 3.79. The number of hydrogen-bond acceptors (Lipinski definition) is 4. The van der Waals surface area contributed by atoms with Crippen molar-refractivity contribution in [2.75, 3.05) is 18.6 Å². The minimum Gasteiger partial charge on any atom is -0.452 e. The summed E-state index contributed by atoms with van der Waals surface area (Å²) in [5, 5.41) is 2.96. The van der Waals surface area contributed by atoms with Crippen LogP contribution < -0.4 is 10.2 Å². The highest BCUT2D eigenvalue weighted by atomic mass is 16.5. The second kappa shape index (κ2) is 10.1. The topological polar surface area (TPSA) is 75.7 Å². The Labute approximate surface area is 177 Å². The van der Waals surface area contributed by atoms with Crippen LogP contribution in [0.15, 0.2) is 54.6 Å². The number of anilines is 1. The quantitative estimate of drug-likeness (QED) is 0.738. The fraction of sp³-hybridized carbons (Fsp3) is 0.375. The van der Waals surface area contributed by atoms with Crippen molar-refractivity contribution in [3.63, 3.8) is 0 Å². The lowest BCUT2D eigenvalue weighted by atomic mass is 9.86. The Balaban J connectivity index is 1.64. The molecule has 0 bridgehead atoms. The molecule has 1 fully saturated rings. The van der Waals surface area contributed by atoms with E-state index in [1.165, 1.54) is 17.4 Å². The Bertz CT molecular complexity index is 897. The van der Waals surface area contributed by atoms with Gasteiger partial charge in [-0.2, -0.15) is 0 Å². The number of esters is 1. The number of para-hydroxylation sites is 1. The standard InChI is InChI=1S/C24H28N2O4/c1-17-10-6-9-15-21(17)25-22(27)16-30-24(29)20-14-8-7-13-19(20)23(28)26(2)18-11-4-3-5-12-18/h3-5,7-8,11-14,17,21H,6,9-10,15-16H2,1-2H3,(H,25,27)/t17-,21-/m0/s1. The molecule has 0 unspecified atom stereocenters. The molecule has 30 heavy (non-hydrogen) atoms. The summed E-state index contributed by atoms with van der Waals surface area (Å²) >= 11 is 0. The molecule has 0 aromatic heterocycles. The third kappa shape index (κ3) is 5.26. The maximum atomic E-state index is 12.9. The molecule has 1 N–H and O–H groups in total. The summed E-state index contributed by atoms with van der Waals surface area (Å²) in [6.45, 7) is 1.76. The van der Waals surface area contributed by atoms with Gasteiger partial charge in [-0.1, -0.05) is 50.1 Å². The highest BCUT2D eigenvalue weighted by Gasteiger charge is 2.25. The summed E-state index contributed by atoms with van der Waals surface area (Å²) in [5.74, 6) is -0.904. The van der Waals surface area contributed by atoms with Crippen molar-refractivity contribution in [1.82, 2.24) is 5.32 Å². The SMILES string of the molecule is C[C@H]1CCCC[C@@H]1NC(=O)COC(=O)c1ccccc1C(=O)N(C)c1ccccc1. The molecule has 0 aliphatic heterocycles. The molecule has 1 aliphatic rings. The summed E-state index contributed by atoms with van der Waals surface area (Å²) in [6.07, 6.45) is 4.32. The number of nitrogens with one attached hydrogen (secondary N) is 1. The zero-order chi connectivity index (χ0) is 21.5. The molecule has 158 valence electrons. The molecular weight excluding hydrogens is 380 g/mol. The number of nitrogens with zero attached hydrogens (tertiary/aromatic N) is 1. The number of carbonyl (C=O) groups is 3. The maximum Gasteiger partial charge on any atom is 0.339 e. The zero-order valence-corrected chi connectivity index (χ0v) is 17.5. The monoisotopic (exact) mass is 408 g/mol. The van der Waals surface area contributed by atoms with E-state index in [9.17, 15) is 14.4 Å². The Kier molecular flexibility index (Phi) is 7.22. The van der Waals surface area contributed by atoms with E-state index in [0.29, 0.717) is 11.6 Å². The van der Waals surface area contributed by atoms with E-state index < -0.39 is 5.97 Å². The van der Waals surface area contributed by atoms with E-state index in [1.807, 2.05) is 30.3 Å². The van der Waals surface area contributed by atoms with Gasteiger partial charge < -0.3 is 15.0 Å². The van der Waals surface area contributed by atoms with Crippen LogP contribution >= 0.6 is 0 Å². The van der Waals surface area contributed by atoms with Crippen LogP contribution in [0.5, 0.6) is 0 Å². The summed E-state index contributed by atoms with van der Waals surface area (Å²) in [5.41, 5.74) is 1.09. The fourth-order valence-electron chi connectivity index (χ4n) is 3.79. The number of amides is 2. The molecule has 2 aromatic rings. The van der Waals surface area contributed by atoms with Gasteiger partial charge in [0.15, 0.2) is 6.61 Å². The van der Waals surface area contributed by atoms with Gasteiger partial charge in [0, 0.05) is 18.8 Å². The molecule has 1 aliphatic carbocycles. The third-order valence-electron chi connectivity index (χ3n) is 5.62. The first kappa shape index (κ1) is 21.6. The van der Waals surface area contributed by atoms with Crippen LogP contribution in [-0.4, -0.2) is 37.5 Å². The van der Waals surface area contributed by atoms with Crippen molar-refractivity contribution in [2.24, 2.45) is 5.92 Å². The van der Waals surface area contributed by atoms with E-state index >= 15 is 0 Å². The predicted molar refractivity (Wildman–Crippen MR) is 115 cm³/mol. The Morgan fingerprint density at radius 1 is 0.967 bits per heavy atom. The highest BCUT2D eigenvalue weighted by Crippen LogP contribution is 2.23. The van der Waals surface area contributed by atoms with Crippen molar-refractivity contribution >= 4 is 23.5 Å². The molecule has 0 spiro atoms. The minimum atomic E-state index is -0.688. The molecule has 0 radical (unpaired) electrons. The minimum absolute atomic E-state index is 0.123. The lowest BCUT2D eigenvalue weighted by molar-refractivity contribution is -0.125. The first-order chi connectivity index (χ1) is 14.5. The Morgan fingerprint density at radius 2 is 1.60 bits per heavy atom. The van der Waals surface area contributed by atoms with Gasteiger partial charge in [-0.15, -0.1) is 0 Å². The second-order valence-corrected chi connectivity index (χ2v) is 7.76. The molecule has 0 heterocycles. The third-order valence-corrected chi connectivity index (χ3v) is 5.62. The van der Waals surface area contributed by atoms with Gasteiger partial charge in [-0.05, 0) is 43.0 Å². The largest absolute Gasteiger partial charge is 0.452 e. The molecule has 1 saturated carbocycles. The maximum absolute atomic E-state index is 12.9. The number of benzene rings is 2. The molecular formula is C24H28N2O4. The van der Waals surface area contributed by atoms with E-state index in [1.54, 1.807) is 25.2 Å². The molecule has 2 aromatic carbocycles. The summed E-state index contributed by atoms with van der Waals surface area (Å²) in [6, 6.07) is 15.8. The number of rotatable bonds is 6. The number of carbonyl (C=O) groups excluding carboxylic acids is 3. The van der Waals surface area contributed by atoms with Gasteiger partial charge in [0.1, 0.15) is 0 Å². The summed E-state index contributed by atoms with van der Waals surface area (Å²) in [4.78, 5) is 39.3. The van der Waals surface area contributed by atoms with Gasteiger partial charge in [0.25, 0.3) is 11.8 Å². The second-order valence-electron chi connectivity index (χ2n) is 7.76. The van der Waals surface area contributed by atoms with Gasteiger partial charge in [-0.25, -0.2) is 4.79 Å². The van der Waals surface area contributed by atoms with Gasteiger partial charge in [0.2, 0.25) is 0 Å². The number of hydrogen-bond donors (Lipinski definition) is 1. The Hall–Kier alpha value is -3.15. The average Bonchev–Trinajstić information content (AvgIpc) is 2.78. The van der Waals surface area contributed by atoms with Gasteiger partial charge in [0.05, 0.1) is 11.1 Å². The van der Waals surface area contributed by atoms with E-state index in [0.717, 1.165) is 19.3 Å². The van der Waals surface area contributed by atoms with Crippen LogP contribution in [0.2, 0.25) is 0 Å². The van der Waals surface area contributed by atoms with Crippen LogP contribution in [0.25, 0.3) is 0 Å². The lowest BCUT2D eigenvalue weighted by Gasteiger charge is -2.29. The highest BCUT2D eigenvalue weighted by molar-refractivity contribution is 6.12. The predicted octanol–water partition coefficient (Wildman–Crippen LogP) is 3.81. The zero-order valence-electron chi connectivity index (χ0n) is 17.5. The van der Waals surface area contributed by atoms with E-state index in [-0.39, 0.29) is 35.6 Å². The summed E-state index contributed by atoms with van der Waals surface area (Å²) in [7, 11) is 1.65. The van der Waals surface area contributed by atoms with Crippen molar-refractivity contribution in [3.8, 4) is 0 Å². The Morgan fingerprint density at radius 3 is 2.30 bits per heavy atom. The van der Waals surface area contributed by atoms with Crippen molar-refractivity contribution in [3.05, 3.63) is 65.7 Å². The van der Waals surface area contributed by atoms with E-state index in [2.05, 4.69) is 12.2 Å². The first-order valence-corrected chi connectivity index (χ1v) is 10.4. The smallest absolute Gasteiger partial charge is 0.339 e. The van der Waals surface area contributed by atoms with E-state index in [4.69, 9.17) is 4.74 Å². The molecule has 3 rings (SSSR count). The molecule has 6 heteroatoms. The summed E-state index contributed by atoms with van der Waals surface area (Å²) < 4.78 is 5.22. The van der Waals surface area contributed by atoms with Crippen LogP contribution in [0.1, 0.15) is 53.3 Å². The van der Waals surface area contributed by atoms with Crippen molar-refractivity contribution < 1.29 is 19.1 Å². The van der Waals surface area contributed by atoms with Crippen LogP contribution in [0, 0.1) is 5.92 Å².